The largest absolute Gasteiger partial charge is 0.465 e. The molecular weight excluding hydrogens is 260 g/mol. The van der Waals surface area contributed by atoms with Crippen LogP contribution in [0.1, 0.15) is 10.4 Å². The fraction of sp³-hybridized carbons (Fsp3) is 0.429. The van der Waals surface area contributed by atoms with Crippen molar-refractivity contribution in [3.63, 3.8) is 0 Å². The van der Waals surface area contributed by atoms with E-state index in [4.69, 9.17) is 9.84 Å². The summed E-state index contributed by atoms with van der Waals surface area (Å²) < 4.78 is 5.29. The summed E-state index contributed by atoms with van der Waals surface area (Å²) in [5.74, 6) is -0.205. The minimum atomic E-state index is -1.11. The molecule has 0 aliphatic carbocycles. The molecule has 20 heavy (non-hydrogen) atoms. The summed E-state index contributed by atoms with van der Waals surface area (Å²) in [7, 11) is 1.38. The third kappa shape index (κ3) is 3.48. The molecule has 1 aliphatic heterocycles. The first-order valence-electron chi connectivity index (χ1n) is 6.48. The fourth-order valence-electron chi connectivity index (χ4n) is 2.05. The summed E-state index contributed by atoms with van der Waals surface area (Å²) in [5, 5.41) is 8.75. The molecule has 0 spiro atoms. The Morgan fingerprint density at radius 1 is 1.25 bits per heavy atom. The molecule has 6 nitrogen and oxygen atoms in total. The van der Waals surface area contributed by atoms with Crippen molar-refractivity contribution in [1.82, 2.24) is 4.90 Å². The van der Waals surface area contributed by atoms with E-state index in [1.165, 1.54) is 7.05 Å². The minimum Gasteiger partial charge on any atom is -0.465 e. The maximum absolute atomic E-state index is 11.9. The van der Waals surface area contributed by atoms with Crippen molar-refractivity contribution >= 4 is 17.6 Å². The zero-order valence-electron chi connectivity index (χ0n) is 11.4. The first-order chi connectivity index (χ1) is 9.58. The van der Waals surface area contributed by atoms with Gasteiger partial charge in [0, 0.05) is 31.4 Å². The molecule has 0 saturated carbocycles. The third-order valence-corrected chi connectivity index (χ3v) is 3.27. The van der Waals surface area contributed by atoms with Gasteiger partial charge >= 0.3 is 6.09 Å². The highest BCUT2D eigenvalue weighted by atomic mass is 16.5. The van der Waals surface area contributed by atoms with Gasteiger partial charge in [0.2, 0.25) is 0 Å². The normalized spacial score (nSPS) is 14.9. The average Bonchev–Trinajstić information content (AvgIpc) is 2.48. The number of carbonyl (C=O) groups is 2. The Morgan fingerprint density at radius 3 is 2.40 bits per heavy atom. The van der Waals surface area contributed by atoms with Crippen molar-refractivity contribution in [3.8, 4) is 0 Å². The number of anilines is 1. The lowest BCUT2D eigenvalue weighted by Gasteiger charge is -2.28. The predicted octanol–water partition coefficient (Wildman–Crippen LogP) is 1.32. The number of ether oxygens (including phenoxy) is 1. The first kappa shape index (κ1) is 14.3. The van der Waals surface area contributed by atoms with Gasteiger partial charge in [0.15, 0.2) is 5.78 Å². The van der Waals surface area contributed by atoms with E-state index in [1.54, 1.807) is 12.1 Å². The molecular formula is C14H18N2O4. The molecule has 1 aliphatic rings. The average molecular weight is 278 g/mol. The number of amides is 1. The summed E-state index contributed by atoms with van der Waals surface area (Å²) in [4.78, 5) is 25.8. The van der Waals surface area contributed by atoms with Crippen LogP contribution in [0.3, 0.4) is 0 Å². The van der Waals surface area contributed by atoms with E-state index in [1.807, 2.05) is 12.1 Å². The van der Waals surface area contributed by atoms with Crippen molar-refractivity contribution < 1.29 is 19.4 Å². The quantitative estimate of drug-likeness (QED) is 0.841. The van der Waals surface area contributed by atoms with Gasteiger partial charge in [0.25, 0.3) is 0 Å². The van der Waals surface area contributed by atoms with Crippen LogP contribution in [-0.2, 0) is 4.74 Å². The maximum Gasteiger partial charge on any atom is 0.407 e. The van der Waals surface area contributed by atoms with Crippen LogP contribution in [0, 0.1) is 0 Å². The Balaban J connectivity index is 2.00. The smallest absolute Gasteiger partial charge is 0.407 e. The fourth-order valence-corrected chi connectivity index (χ4v) is 2.05. The Kier molecular flexibility index (Phi) is 4.57. The van der Waals surface area contributed by atoms with E-state index in [-0.39, 0.29) is 12.3 Å². The van der Waals surface area contributed by atoms with Crippen LogP contribution in [0.4, 0.5) is 10.5 Å². The molecule has 6 heteroatoms. The van der Waals surface area contributed by atoms with E-state index in [0.29, 0.717) is 18.8 Å². The Hall–Kier alpha value is -2.08. The van der Waals surface area contributed by atoms with E-state index in [0.717, 1.165) is 23.7 Å². The highest BCUT2D eigenvalue weighted by molar-refractivity contribution is 5.99. The van der Waals surface area contributed by atoms with Gasteiger partial charge in [0.1, 0.15) is 0 Å². The number of ketones is 1. The van der Waals surface area contributed by atoms with Gasteiger partial charge in [-0.2, -0.15) is 0 Å². The summed E-state index contributed by atoms with van der Waals surface area (Å²) in [6.45, 7) is 2.98. The number of morpholine rings is 1. The van der Waals surface area contributed by atoms with Crippen LogP contribution < -0.4 is 4.90 Å². The molecule has 0 atom stereocenters. The van der Waals surface area contributed by atoms with E-state index in [9.17, 15) is 9.59 Å². The highest BCUT2D eigenvalue weighted by Crippen LogP contribution is 2.17. The number of hydrogen-bond acceptors (Lipinski definition) is 4. The van der Waals surface area contributed by atoms with Gasteiger partial charge in [-0.3, -0.25) is 4.79 Å². The van der Waals surface area contributed by atoms with Crippen molar-refractivity contribution in [2.75, 3.05) is 44.8 Å². The van der Waals surface area contributed by atoms with Crippen LogP contribution in [0.5, 0.6) is 0 Å². The summed E-state index contributed by atoms with van der Waals surface area (Å²) in [6, 6.07) is 7.25. The standard InChI is InChI=1S/C14H18N2O4/c1-15(14(18)19)10-13(17)11-2-4-12(5-3-11)16-6-8-20-9-7-16/h2-5H,6-10H2,1H3,(H,18,19). The number of rotatable bonds is 4. The number of hydrogen-bond donors (Lipinski definition) is 1. The van der Waals surface area contributed by atoms with Crippen LogP contribution in [0.2, 0.25) is 0 Å². The molecule has 108 valence electrons. The molecule has 1 saturated heterocycles. The number of nitrogens with zero attached hydrogens (tertiary/aromatic N) is 2. The monoisotopic (exact) mass is 278 g/mol. The maximum atomic E-state index is 11.9. The van der Waals surface area contributed by atoms with Gasteiger partial charge in [-0.15, -0.1) is 0 Å². The lowest BCUT2D eigenvalue weighted by Crippen LogP contribution is -2.36. The van der Waals surface area contributed by atoms with Crippen molar-refractivity contribution in [1.29, 1.82) is 0 Å². The first-order valence-corrected chi connectivity index (χ1v) is 6.48. The second kappa shape index (κ2) is 6.38. The SMILES string of the molecule is CN(CC(=O)c1ccc(N2CCOCC2)cc1)C(=O)O. The molecule has 1 aromatic carbocycles. The summed E-state index contributed by atoms with van der Waals surface area (Å²) in [6.07, 6.45) is -1.11. The summed E-state index contributed by atoms with van der Waals surface area (Å²) >= 11 is 0. The second-order valence-electron chi connectivity index (χ2n) is 4.71. The molecule has 1 aromatic rings. The van der Waals surface area contributed by atoms with Crippen LogP contribution >= 0.6 is 0 Å². The molecule has 0 unspecified atom stereocenters. The lowest BCUT2D eigenvalue weighted by molar-refractivity contribution is 0.0929. The molecule has 2 rings (SSSR count). The topological polar surface area (TPSA) is 70.1 Å². The van der Waals surface area contributed by atoms with Crippen molar-refractivity contribution in [3.05, 3.63) is 29.8 Å². The molecule has 1 amide bonds. The minimum absolute atomic E-state index is 0.133. The van der Waals surface area contributed by atoms with Crippen LogP contribution in [-0.4, -0.2) is 61.8 Å². The van der Waals surface area contributed by atoms with E-state index < -0.39 is 6.09 Å². The van der Waals surface area contributed by atoms with Crippen molar-refractivity contribution in [2.24, 2.45) is 0 Å². The van der Waals surface area contributed by atoms with Crippen LogP contribution in [0.25, 0.3) is 0 Å². The van der Waals surface area contributed by atoms with Crippen molar-refractivity contribution in [2.45, 2.75) is 0 Å². The zero-order valence-corrected chi connectivity index (χ0v) is 11.4. The summed E-state index contributed by atoms with van der Waals surface area (Å²) in [5.41, 5.74) is 1.58. The van der Waals surface area contributed by atoms with Gasteiger partial charge in [-0.25, -0.2) is 4.79 Å². The van der Waals surface area contributed by atoms with Gasteiger partial charge < -0.3 is 19.6 Å². The Bertz CT molecular complexity index is 480. The molecule has 1 fully saturated rings. The lowest BCUT2D eigenvalue weighted by atomic mass is 10.1. The highest BCUT2D eigenvalue weighted by Gasteiger charge is 2.14. The molecule has 0 radical (unpaired) electrons. The molecule has 1 heterocycles. The number of likely N-dealkylation sites (N-methyl/N-ethyl adjacent to an activating group) is 1. The molecule has 1 N–H and O–H groups in total. The van der Waals surface area contributed by atoms with Gasteiger partial charge in [-0.1, -0.05) is 0 Å². The predicted molar refractivity (Wildman–Crippen MR) is 74.5 cm³/mol. The second-order valence-corrected chi connectivity index (χ2v) is 4.71. The number of carboxylic acid groups (broad SMARTS) is 1. The zero-order chi connectivity index (χ0) is 14.5. The Labute approximate surface area is 117 Å². The number of Topliss-reactive ketones (excluding diaryl/α,β-unsaturated/α-hetero) is 1. The third-order valence-electron chi connectivity index (χ3n) is 3.27. The Morgan fingerprint density at radius 2 is 1.85 bits per heavy atom. The molecule has 0 aromatic heterocycles. The van der Waals surface area contributed by atoms with Gasteiger partial charge in [0.05, 0.1) is 19.8 Å². The van der Waals surface area contributed by atoms with Crippen LogP contribution in [0.15, 0.2) is 24.3 Å². The molecule has 0 bridgehead atoms. The van der Waals surface area contributed by atoms with E-state index in [2.05, 4.69) is 4.90 Å². The van der Waals surface area contributed by atoms with E-state index >= 15 is 0 Å². The number of benzene rings is 1. The van der Waals surface area contributed by atoms with Gasteiger partial charge in [-0.05, 0) is 24.3 Å². The number of carbonyl (C=O) groups excluding carboxylic acids is 1.